The van der Waals surface area contributed by atoms with Crippen molar-refractivity contribution in [1.82, 2.24) is 9.55 Å². The highest BCUT2D eigenvalue weighted by atomic mass is 15.2. The van der Waals surface area contributed by atoms with E-state index in [0.29, 0.717) is 12.0 Å². The van der Waals surface area contributed by atoms with E-state index in [9.17, 15) is 0 Å². The predicted octanol–water partition coefficient (Wildman–Crippen LogP) is 3.98. The maximum absolute atomic E-state index is 4.64. The summed E-state index contributed by atoms with van der Waals surface area (Å²) in [5, 5.41) is 3.67. The van der Waals surface area contributed by atoms with Crippen molar-refractivity contribution in [3.8, 4) is 0 Å². The molecule has 1 aliphatic carbocycles. The van der Waals surface area contributed by atoms with E-state index in [1.54, 1.807) is 0 Å². The van der Waals surface area contributed by atoms with Crippen LogP contribution in [0.25, 0.3) is 0 Å². The Bertz CT molecular complexity index is 360. The van der Waals surface area contributed by atoms with Gasteiger partial charge in [-0.05, 0) is 25.7 Å². The average Bonchev–Trinajstić information content (AvgIpc) is 2.53. The van der Waals surface area contributed by atoms with Crippen LogP contribution in [0.15, 0.2) is 6.20 Å². The molecule has 0 saturated heterocycles. The van der Waals surface area contributed by atoms with Gasteiger partial charge in [-0.25, -0.2) is 4.98 Å². The van der Waals surface area contributed by atoms with Gasteiger partial charge in [0.1, 0.15) is 0 Å². The number of hydrogen-bond acceptors (Lipinski definition) is 2. The zero-order chi connectivity index (χ0) is 13.0. The first-order valence-electron chi connectivity index (χ1n) is 7.45. The van der Waals surface area contributed by atoms with Gasteiger partial charge in [-0.2, -0.15) is 0 Å². The van der Waals surface area contributed by atoms with Crippen molar-refractivity contribution in [2.24, 2.45) is 5.92 Å². The van der Waals surface area contributed by atoms with Gasteiger partial charge >= 0.3 is 0 Å². The Morgan fingerprint density at radius 2 is 1.94 bits per heavy atom. The molecule has 0 radical (unpaired) electrons. The molecular formula is C15H27N3. The second-order valence-corrected chi connectivity index (χ2v) is 6.08. The summed E-state index contributed by atoms with van der Waals surface area (Å²) < 4.78 is 2.28. The molecule has 1 N–H and O–H groups in total. The molecule has 1 saturated carbocycles. The molecular weight excluding hydrogens is 222 g/mol. The highest BCUT2D eigenvalue weighted by molar-refractivity contribution is 5.30. The van der Waals surface area contributed by atoms with E-state index in [1.807, 2.05) is 0 Å². The average molecular weight is 249 g/mol. The summed E-state index contributed by atoms with van der Waals surface area (Å²) in [7, 11) is 0. The number of nitrogens with zero attached hydrogens (tertiary/aromatic N) is 2. The quantitative estimate of drug-likeness (QED) is 0.818. The highest BCUT2D eigenvalue weighted by Crippen LogP contribution is 2.21. The third kappa shape index (κ3) is 3.76. The van der Waals surface area contributed by atoms with Gasteiger partial charge in [0.25, 0.3) is 0 Å². The SMILES string of the molecule is Cc1cn(CC(C)C)c(NC2CCCCCC2)n1. The van der Waals surface area contributed by atoms with Crippen LogP contribution in [0.3, 0.4) is 0 Å². The zero-order valence-electron chi connectivity index (χ0n) is 12.1. The van der Waals surface area contributed by atoms with Gasteiger partial charge in [-0.3, -0.25) is 0 Å². The van der Waals surface area contributed by atoms with Gasteiger partial charge in [-0.15, -0.1) is 0 Å². The van der Waals surface area contributed by atoms with Gasteiger partial charge < -0.3 is 9.88 Å². The lowest BCUT2D eigenvalue weighted by Crippen LogP contribution is -2.21. The van der Waals surface area contributed by atoms with Crippen LogP contribution in [0, 0.1) is 12.8 Å². The zero-order valence-corrected chi connectivity index (χ0v) is 12.1. The largest absolute Gasteiger partial charge is 0.353 e. The van der Waals surface area contributed by atoms with Crippen molar-refractivity contribution in [3.05, 3.63) is 11.9 Å². The fourth-order valence-corrected chi connectivity index (χ4v) is 2.80. The molecule has 18 heavy (non-hydrogen) atoms. The van der Waals surface area contributed by atoms with Crippen LogP contribution in [0.1, 0.15) is 58.1 Å². The lowest BCUT2D eigenvalue weighted by atomic mass is 10.1. The number of aromatic nitrogens is 2. The third-order valence-corrected chi connectivity index (χ3v) is 3.65. The minimum Gasteiger partial charge on any atom is -0.353 e. The van der Waals surface area contributed by atoms with E-state index in [2.05, 4.69) is 41.8 Å². The maximum atomic E-state index is 4.64. The van der Waals surface area contributed by atoms with Crippen LogP contribution in [0.5, 0.6) is 0 Å². The molecule has 2 rings (SSSR count). The Kier molecular flexibility index (Phi) is 4.67. The van der Waals surface area contributed by atoms with Gasteiger partial charge in [0.2, 0.25) is 5.95 Å². The number of nitrogens with one attached hydrogen (secondary N) is 1. The number of aryl methyl sites for hydroxylation is 1. The standard InChI is InChI=1S/C15H27N3/c1-12(2)10-18-11-13(3)16-15(18)17-14-8-6-4-5-7-9-14/h11-12,14H,4-10H2,1-3H3,(H,16,17). The second kappa shape index (κ2) is 6.26. The Morgan fingerprint density at radius 3 is 2.56 bits per heavy atom. The van der Waals surface area contributed by atoms with Gasteiger partial charge in [0.15, 0.2) is 0 Å². The molecule has 0 amide bonds. The number of anilines is 1. The Labute approximate surface area is 111 Å². The lowest BCUT2D eigenvalue weighted by Gasteiger charge is -2.18. The molecule has 0 aromatic carbocycles. The molecule has 1 heterocycles. The molecule has 0 unspecified atom stereocenters. The molecule has 1 aromatic heterocycles. The van der Waals surface area contributed by atoms with Crippen LogP contribution < -0.4 is 5.32 Å². The summed E-state index contributed by atoms with van der Waals surface area (Å²) in [6.07, 6.45) is 10.3. The van der Waals surface area contributed by atoms with Gasteiger partial charge in [0, 0.05) is 18.8 Å². The van der Waals surface area contributed by atoms with Crippen LogP contribution in [0.4, 0.5) is 5.95 Å². The van der Waals surface area contributed by atoms with Crippen LogP contribution in [0.2, 0.25) is 0 Å². The molecule has 0 aliphatic heterocycles. The normalized spacial score (nSPS) is 18.0. The summed E-state index contributed by atoms with van der Waals surface area (Å²) in [6.45, 7) is 7.64. The predicted molar refractivity (Wildman–Crippen MR) is 76.9 cm³/mol. The molecule has 102 valence electrons. The molecule has 0 spiro atoms. The monoisotopic (exact) mass is 249 g/mol. The van der Waals surface area contributed by atoms with Crippen molar-refractivity contribution in [3.63, 3.8) is 0 Å². The third-order valence-electron chi connectivity index (χ3n) is 3.65. The van der Waals surface area contributed by atoms with Gasteiger partial charge in [0.05, 0.1) is 5.69 Å². The van der Waals surface area contributed by atoms with Crippen LogP contribution in [-0.4, -0.2) is 15.6 Å². The smallest absolute Gasteiger partial charge is 0.203 e. The fraction of sp³-hybridized carbons (Fsp3) is 0.800. The second-order valence-electron chi connectivity index (χ2n) is 6.08. The van der Waals surface area contributed by atoms with E-state index >= 15 is 0 Å². The minimum atomic E-state index is 0.625. The molecule has 3 nitrogen and oxygen atoms in total. The van der Waals surface area contributed by atoms with Crippen molar-refractivity contribution in [2.45, 2.75) is 71.9 Å². The molecule has 0 atom stereocenters. The number of imidazole rings is 1. The van der Waals surface area contributed by atoms with Crippen molar-refractivity contribution < 1.29 is 0 Å². The summed E-state index contributed by atoms with van der Waals surface area (Å²) in [4.78, 5) is 4.64. The molecule has 1 aliphatic rings. The maximum Gasteiger partial charge on any atom is 0.203 e. The van der Waals surface area contributed by atoms with Crippen molar-refractivity contribution in [1.29, 1.82) is 0 Å². The summed E-state index contributed by atoms with van der Waals surface area (Å²) in [6, 6.07) is 0.625. The minimum absolute atomic E-state index is 0.625. The Balaban J connectivity index is 2.02. The topological polar surface area (TPSA) is 29.9 Å². The first-order chi connectivity index (χ1) is 8.65. The molecule has 0 bridgehead atoms. The fourth-order valence-electron chi connectivity index (χ4n) is 2.80. The lowest BCUT2D eigenvalue weighted by molar-refractivity contribution is 0.519. The molecule has 1 aromatic rings. The number of hydrogen-bond donors (Lipinski definition) is 1. The van der Waals surface area contributed by atoms with E-state index in [-0.39, 0.29) is 0 Å². The van der Waals surface area contributed by atoms with Gasteiger partial charge in [-0.1, -0.05) is 39.5 Å². The Morgan fingerprint density at radius 1 is 1.28 bits per heavy atom. The Hall–Kier alpha value is -0.990. The van der Waals surface area contributed by atoms with Crippen LogP contribution in [-0.2, 0) is 6.54 Å². The first kappa shape index (κ1) is 13.4. The molecule has 3 heteroatoms. The summed E-state index contributed by atoms with van der Waals surface area (Å²) >= 11 is 0. The van der Waals surface area contributed by atoms with E-state index in [4.69, 9.17) is 0 Å². The van der Waals surface area contributed by atoms with Crippen molar-refractivity contribution >= 4 is 5.95 Å². The van der Waals surface area contributed by atoms with E-state index in [1.165, 1.54) is 38.5 Å². The van der Waals surface area contributed by atoms with E-state index in [0.717, 1.165) is 18.2 Å². The summed E-state index contributed by atoms with van der Waals surface area (Å²) in [5.74, 6) is 1.74. The van der Waals surface area contributed by atoms with E-state index < -0.39 is 0 Å². The van der Waals surface area contributed by atoms with Crippen molar-refractivity contribution in [2.75, 3.05) is 5.32 Å². The highest BCUT2D eigenvalue weighted by Gasteiger charge is 2.15. The van der Waals surface area contributed by atoms with Crippen LogP contribution >= 0.6 is 0 Å². The number of rotatable bonds is 4. The first-order valence-corrected chi connectivity index (χ1v) is 7.45. The summed E-state index contributed by atoms with van der Waals surface area (Å²) in [5.41, 5.74) is 1.12. The molecule has 1 fully saturated rings.